The third kappa shape index (κ3) is 2.67. The molecule has 5 nitrogen and oxygen atoms in total. The summed E-state index contributed by atoms with van der Waals surface area (Å²) in [4.78, 5) is 10.9. The van der Waals surface area contributed by atoms with Crippen molar-refractivity contribution in [2.24, 2.45) is 0 Å². The van der Waals surface area contributed by atoms with Gasteiger partial charge in [-0.1, -0.05) is 0 Å². The highest BCUT2D eigenvalue weighted by Gasteiger charge is 2.35. The van der Waals surface area contributed by atoms with Crippen LogP contribution in [0.2, 0.25) is 0 Å². The van der Waals surface area contributed by atoms with Crippen LogP contribution in [0.4, 0.5) is 0 Å². The smallest absolute Gasteiger partial charge is 0.217 e. The van der Waals surface area contributed by atoms with Crippen molar-refractivity contribution in [3.8, 4) is 0 Å². The number of nitrogens with one attached hydrogen (secondary N) is 1. The number of ether oxygens (including phenoxy) is 2. The quantitative estimate of drug-likeness (QED) is 0.642. The van der Waals surface area contributed by atoms with Crippen molar-refractivity contribution in [2.75, 3.05) is 7.11 Å². The predicted molar refractivity (Wildman–Crippen MR) is 49.6 cm³/mol. The van der Waals surface area contributed by atoms with E-state index in [-0.39, 0.29) is 24.3 Å². The van der Waals surface area contributed by atoms with E-state index in [0.717, 1.165) is 0 Å². The molecule has 1 heterocycles. The summed E-state index contributed by atoms with van der Waals surface area (Å²) in [6.45, 7) is 3.18. The van der Waals surface area contributed by atoms with Gasteiger partial charge >= 0.3 is 0 Å². The van der Waals surface area contributed by atoms with Crippen molar-refractivity contribution < 1.29 is 19.4 Å². The fourth-order valence-corrected chi connectivity index (χ4v) is 1.61. The van der Waals surface area contributed by atoms with Crippen LogP contribution in [-0.2, 0) is 14.3 Å². The molecule has 0 aromatic rings. The van der Waals surface area contributed by atoms with Gasteiger partial charge in [0.05, 0.1) is 12.1 Å². The third-order valence-electron chi connectivity index (χ3n) is 2.36. The molecule has 1 aliphatic rings. The van der Waals surface area contributed by atoms with Gasteiger partial charge in [-0.25, -0.2) is 0 Å². The zero-order chi connectivity index (χ0) is 10.7. The lowest BCUT2D eigenvalue weighted by Crippen LogP contribution is -2.54. The monoisotopic (exact) mass is 203 g/mol. The zero-order valence-corrected chi connectivity index (χ0v) is 8.69. The van der Waals surface area contributed by atoms with E-state index in [1.54, 1.807) is 14.0 Å². The summed E-state index contributed by atoms with van der Waals surface area (Å²) >= 11 is 0. The topological polar surface area (TPSA) is 67.8 Å². The predicted octanol–water partition coefficient (Wildman–Crippen LogP) is -0.367. The molecular formula is C9H17NO4. The van der Waals surface area contributed by atoms with Crippen LogP contribution in [0.5, 0.6) is 0 Å². The largest absolute Gasteiger partial charge is 0.388 e. The van der Waals surface area contributed by atoms with E-state index >= 15 is 0 Å². The van der Waals surface area contributed by atoms with E-state index in [1.165, 1.54) is 6.92 Å². The maximum Gasteiger partial charge on any atom is 0.217 e. The molecule has 4 atom stereocenters. The van der Waals surface area contributed by atoms with E-state index in [0.29, 0.717) is 6.42 Å². The molecule has 14 heavy (non-hydrogen) atoms. The SMILES string of the molecule is CO[C@H]1C[C@@H](NC(C)=O)[C@H](O)[C@H](C)O1. The Morgan fingerprint density at radius 1 is 1.64 bits per heavy atom. The lowest BCUT2D eigenvalue weighted by Gasteiger charge is -2.37. The molecule has 5 heteroatoms. The van der Waals surface area contributed by atoms with E-state index < -0.39 is 6.10 Å². The van der Waals surface area contributed by atoms with Crippen LogP contribution < -0.4 is 5.32 Å². The second kappa shape index (κ2) is 4.72. The number of aliphatic hydroxyl groups is 1. The molecule has 0 bridgehead atoms. The Labute approximate surface area is 83.4 Å². The molecule has 0 aliphatic carbocycles. The van der Waals surface area contributed by atoms with Gasteiger partial charge in [0.1, 0.15) is 6.10 Å². The van der Waals surface area contributed by atoms with E-state index in [4.69, 9.17) is 9.47 Å². The van der Waals surface area contributed by atoms with Crippen molar-refractivity contribution in [3.05, 3.63) is 0 Å². The Morgan fingerprint density at radius 3 is 2.79 bits per heavy atom. The first-order valence-corrected chi connectivity index (χ1v) is 4.68. The number of methoxy groups -OCH3 is 1. The van der Waals surface area contributed by atoms with Crippen molar-refractivity contribution in [3.63, 3.8) is 0 Å². The molecule has 0 unspecified atom stereocenters. The molecule has 0 radical (unpaired) electrons. The zero-order valence-electron chi connectivity index (χ0n) is 8.69. The van der Waals surface area contributed by atoms with Crippen LogP contribution in [-0.4, -0.2) is 42.7 Å². The molecule has 2 N–H and O–H groups in total. The minimum Gasteiger partial charge on any atom is -0.388 e. The van der Waals surface area contributed by atoms with Gasteiger partial charge in [0.15, 0.2) is 6.29 Å². The Hall–Kier alpha value is -0.650. The number of carbonyl (C=O) groups excluding carboxylic acids is 1. The van der Waals surface area contributed by atoms with Crippen molar-refractivity contribution >= 4 is 5.91 Å². The molecular weight excluding hydrogens is 186 g/mol. The van der Waals surface area contributed by atoms with Gasteiger partial charge in [0.2, 0.25) is 5.91 Å². The van der Waals surface area contributed by atoms with E-state index in [9.17, 15) is 9.90 Å². The maximum atomic E-state index is 10.9. The third-order valence-corrected chi connectivity index (χ3v) is 2.36. The van der Waals surface area contributed by atoms with Crippen molar-refractivity contribution in [2.45, 2.75) is 44.8 Å². The summed E-state index contributed by atoms with van der Waals surface area (Å²) in [5, 5.41) is 12.4. The summed E-state index contributed by atoms with van der Waals surface area (Å²) < 4.78 is 10.4. The van der Waals surface area contributed by atoms with Crippen LogP contribution in [0, 0.1) is 0 Å². The fourth-order valence-electron chi connectivity index (χ4n) is 1.61. The highest BCUT2D eigenvalue weighted by molar-refractivity contribution is 5.73. The summed E-state index contributed by atoms with van der Waals surface area (Å²) in [6, 6.07) is -0.291. The normalized spacial score (nSPS) is 38.0. The number of carbonyl (C=O) groups is 1. The average Bonchev–Trinajstić information content (AvgIpc) is 2.11. The van der Waals surface area contributed by atoms with E-state index in [2.05, 4.69) is 5.32 Å². The van der Waals surface area contributed by atoms with Crippen LogP contribution in [0.25, 0.3) is 0 Å². The van der Waals surface area contributed by atoms with E-state index in [1.807, 2.05) is 0 Å². The molecule has 1 saturated heterocycles. The fraction of sp³-hybridized carbons (Fsp3) is 0.889. The van der Waals surface area contributed by atoms with Crippen molar-refractivity contribution in [1.82, 2.24) is 5.32 Å². The number of rotatable bonds is 2. The number of hydrogen-bond acceptors (Lipinski definition) is 4. The van der Waals surface area contributed by atoms with Gasteiger partial charge in [-0.2, -0.15) is 0 Å². The summed E-state index contributed by atoms with van der Waals surface area (Å²) in [5.74, 6) is -0.155. The Kier molecular flexibility index (Phi) is 3.86. The van der Waals surface area contributed by atoms with Gasteiger partial charge in [-0.15, -0.1) is 0 Å². The second-order valence-electron chi connectivity index (χ2n) is 3.54. The number of aliphatic hydroxyl groups excluding tert-OH is 1. The highest BCUT2D eigenvalue weighted by atomic mass is 16.7. The summed E-state index contributed by atoms with van der Waals surface area (Å²) in [7, 11) is 1.54. The van der Waals surface area contributed by atoms with Crippen molar-refractivity contribution in [1.29, 1.82) is 0 Å². The molecule has 0 aromatic carbocycles. The Morgan fingerprint density at radius 2 is 2.29 bits per heavy atom. The Balaban J connectivity index is 2.57. The Bertz CT molecular complexity index is 209. The van der Waals surface area contributed by atoms with Crippen LogP contribution >= 0.6 is 0 Å². The first-order valence-electron chi connectivity index (χ1n) is 4.68. The molecule has 0 saturated carbocycles. The molecule has 1 rings (SSSR count). The lowest BCUT2D eigenvalue weighted by molar-refractivity contribution is -0.214. The molecule has 1 fully saturated rings. The standard InChI is InChI=1S/C9H17NO4/c1-5-9(12)7(10-6(2)11)4-8(13-3)14-5/h5,7-9,12H,4H2,1-3H3,(H,10,11)/t5-,7+,8+,9+/m0/s1. The first-order chi connectivity index (χ1) is 6.54. The highest BCUT2D eigenvalue weighted by Crippen LogP contribution is 2.20. The molecule has 0 aromatic heterocycles. The van der Waals surface area contributed by atoms with Gasteiger partial charge in [-0.05, 0) is 6.92 Å². The van der Waals surface area contributed by atoms with Crippen LogP contribution in [0.1, 0.15) is 20.3 Å². The molecule has 1 amide bonds. The molecule has 1 aliphatic heterocycles. The number of hydrogen-bond donors (Lipinski definition) is 2. The van der Waals surface area contributed by atoms with Crippen LogP contribution in [0.3, 0.4) is 0 Å². The minimum absolute atomic E-state index is 0.155. The van der Waals surface area contributed by atoms with Gasteiger partial charge in [0.25, 0.3) is 0 Å². The van der Waals surface area contributed by atoms with Gasteiger partial charge in [-0.3, -0.25) is 4.79 Å². The minimum atomic E-state index is -0.676. The molecule has 82 valence electrons. The number of amides is 1. The summed E-state index contributed by atoms with van der Waals surface area (Å²) in [5.41, 5.74) is 0. The first kappa shape index (κ1) is 11.4. The van der Waals surface area contributed by atoms with Crippen LogP contribution in [0.15, 0.2) is 0 Å². The van der Waals surface area contributed by atoms with Gasteiger partial charge < -0.3 is 19.9 Å². The molecule has 0 spiro atoms. The summed E-state index contributed by atoms with van der Waals surface area (Å²) in [6.07, 6.45) is -0.886. The second-order valence-corrected chi connectivity index (χ2v) is 3.54. The van der Waals surface area contributed by atoms with Gasteiger partial charge in [0, 0.05) is 20.5 Å². The average molecular weight is 203 g/mol. The lowest BCUT2D eigenvalue weighted by atomic mass is 9.99. The maximum absolute atomic E-state index is 10.9.